The van der Waals surface area contributed by atoms with Crippen molar-refractivity contribution in [2.24, 2.45) is 0 Å². The van der Waals surface area contributed by atoms with Gasteiger partial charge < -0.3 is 10.6 Å². The van der Waals surface area contributed by atoms with Gasteiger partial charge in [0.05, 0.1) is 11.3 Å². The molecule has 0 radical (unpaired) electrons. The first-order valence-corrected chi connectivity index (χ1v) is 5.84. The van der Waals surface area contributed by atoms with Crippen LogP contribution in [0.3, 0.4) is 0 Å². The lowest BCUT2D eigenvalue weighted by atomic mass is 10.1. The number of carbonyl (C=O) groups excluding carboxylic acids is 1. The molecule has 0 bridgehead atoms. The van der Waals surface area contributed by atoms with Gasteiger partial charge >= 0.3 is 0 Å². The smallest absolute Gasteiger partial charge is 0.255 e. The lowest BCUT2D eigenvalue weighted by molar-refractivity contribution is 0.0935. The van der Waals surface area contributed by atoms with Crippen LogP contribution in [0, 0.1) is 6.92 Å². The summed E-state index contributed by atoms with van der Waals surface area (Å²) in [6, 6.07) is 13.2. The van der Waals surface area contributed by atoms with E-state index in [9.17, 15) is 4.79 Å². The first-order chi connectivity index (χ1) is 8.74. The van der Waals surface area contributed by atoms with Gasteiger partial charge in [0.25, 0.3) is 5.91 Å². The summed E-state index contributed by atoms with van der Waals surface area (Å²) in [5, 5.41) is 6.18. The van der Waals surface area contributed by atoms with Gasteiger partial charge in [-0.1, -0.05) is 18.2 Å². The second-order valence-corrected chi connectivity index (χ2v) is 4.30. The Hall–Kier alpha value is -2.36. The average Bonchev–Trinajstić information content (AvgIpc) is 2.39. The molecule has 2 aromatic rings. The van der Waals surface area contributed by atoms with Crippen molar-refractivity contribution in [1.29, 1.82) is 0 Å². The molecule has 1 amide bonds. The number of anilines is 1. The summed E-state index contributed by atoms with van der Waals surface area (Å²) >= 11 is 0. The molecule has 2 heterocycles. The highest BCUT2D eigenvalue weighted by Crippen LogP contribution is 2.25. The first-order valence-electron chi connectivity index (χ1n) is 5.84. The summed E-state index contributed by atoms with van der Waals surface area (Å²) in [4.78, 5) is 16.4. The monoisotopic (exact) mass is 239 g/mol. The van der Waals surface area contributed by atoms with Crippen LogP contribution in [0.2, 0.25) is 0 Å². The Morgan fingerprint density at radius 3 is 2.72 bits per heavy atom. The van der Waals surface area contributed by atoms with Gasteiger partial charge in [0.15, 0.2) is 0 Å². The van der Waals surface area contributed by atoms with E-state index in [1.54, 1.807) is 6.07 Å². The number of nitrogens with zero attached hydrogens (tertiary/aromatic N) is 1. The molecule has 0 fully saturated rings. The Morgan fingerprint density at radius 2 is 1.89 bits per heavy atom. The van der Waals surface area contributed by atoms with Crippen LogP contribution in [0.15, 0.2) is 42.5 Å². The molecule has 1 aromatic carbocycles. The molecule has 1 aromatic heterocycles. The molecular weight excluding hydrogens is 226 g/mol. The van der Waals surface area contributed by atoms with Crippen LogP contribution in [0.4, 0.5) is 5.69 Å². The predicted molar refractivity (Wildman–Crippen MR) is 69.2 cm³/mol. The van der Waals surface area contributed by atoms with Crippen molar-refractivity contribution in [2.45, 2.75) is 13.1 Å². The summed E-state index contributed by atoms with van der Waals surface area (Å²) in [6.45, 7) is 1.93. The quantitative estimate of drug-likeness (QED) is 0.802. The fourth-order valence-electron chi connectivity index (χ4n) is 2.08. The van der Waals surface area contributed by atoms with Crippen LogP contribution >= 0.6 is 0 Å². The maximum absolute atomic E-state index is 12.0. The minimum Gasteiger partial charge on any atom is -0.360 e. The van der Waals surface area contributed by atoms with Gasteiger partial charge in [-0.15, -0.1) is 0 Å². The van der Waals surface area contributed by atoms with E-state index < -0.39 is 0 Å². The fourth-order valence-corrected chi connectivity index (χ4v) is 2.08. The Kier molecular flexibility index (Phi) is 2.48. The summed E-state index contributed by atoms with van der Waals surface area (Å²) in [5.74, 6) is -0.0716. The maximum atomic E-state index is 12.0. The first kappa shape index (κ1) is 10.8. The van der Waals surface area contributed by atoms with Crippen LogP contribution in [0.1, 0.15) is 27.9 Å². The van der Waals surface area contributed by atoms with Crippen LogP contribution < -0.4 is 10.6 Å². The highest BCUT2D eigenvalue weighted by atomic mass is 16.2. The van der Waals surface area contributed by atoms with Crippen molar-refractivity contribution in [3.63, 3.8) is 0 Å². The number of hydrogen-bond donors (Lipinski definition) is 2. The summed E-state index contributed by atoms with van der Waals surface area (Å²) < 4.78 is 0. The second kappa shape index (κ2) is 4.14. The van der Waals surface area contributed by atoms with E-state index in [1.165, 1.54) is 0 Å². The molecule has 90 valence electrons. The summed E-state index contributed by atoms with van der Waals surface area (Å²) in [5.41, 5.74) is 3.26. The zero-order valence-electron chi connectivity index (χ0n) is 9.97. The largest absolute Gasteiger partial charge is 0.360 e. The van der Waals surface area contributed by atoms with E-state index in [0.717, 1.165) is 17.1 Å². The molecule has 4 nitrogen and oxygen atoms in total. The lowest BCUT2D eigenvalue weighted by Gasteiger charge is -2.27. The molecule has 0 spiro atoms. The molecule has 4 heteroatoms. The number of aromatic nitrogens is 1. The molecule has 1 aliphatic rings. The predicted octanol–water partition coefficient (Wildman–Crippen LogP) is 2.24. The van der Waals surface area contributed by atoms with Gasteiger partial charge in [-0.05, 0) is 31.2 Å². The number of fused-ring (bicyclic) bond motifs is 1. The van der Waals surface area contributed by atoms with Gasteiger partial charge in [0, 0.05) is 11.4 Å². The molecule has 3 rings (SSSR count). The number of benzene rings is 1. The second-order valence-electron chi connectivity index (χ2n) is 4.30. The normalized spacial score (nSPS) is 17.6. The highest BCUT2D eigenvalue weighted by molar-refractivity contribution is 6.01. The van der Waals surface area contributed by atoms with Crippen molar-refractivity contribution in [1.82, 2.24) is 10.3 Å². The molecule has 1 aliphatic heterocycles. The van der Waals surface area contributed by atoms with Crippen molar-refractivity contribution in [3.8, 4) is 0 Å². The molecule has 2 N–H and O–H groups in total. The number of rotatable bonds is 1. The Bertz CT molecular complexity index is 609. The van der Waals surface area contributed by atoms with Crippen molar-refractivity contribution >= 4 is 11.6 Å². The van der Waals surface area contributed by atoms with E-state index in [4.69, 9.17) is 0 Å². The highest BCUT2D eigenvalue weighted by Gasteiger charge is 2.24. The number of nitrogens with one attached hydrogen (secondary N) is 2. The molecule has 0 aliphatic carbocycles. The van der Waals surface area contributed by atoms with E-state index >= 15 is 0 Å². The molecule has 18 heavy (non-hydrogen) atoms. The number of aryl methyl sites for hydroxylation is 1. The number of para-hydroxylation sites is 1. The SMILES string of the molecule is Cc1cccc([C@H]2NC(=O)c3ccccc3N2)n1. The minimum absolute atomic E-state index is 0.0716. The molecule has 0 saturated heterocycles. The Balaban J connectivity index is 1.97. The van der Waals surface area contributed by atoms with Crippen LogP contribution in [0.5, 0.6) is 0 Å². The third kappa shape index (κ3) is 1.82. The van der Waals surface area contributed by atoms with Gasteiger partial charge in [0.2, 0.25) is 0 Å². The van der Waals surface area contributed by atoms with E-state index in [-0.39, 0.29) is 12.1 Å². The summed E-state index contributed by atoms with van der Waals surface area (Å²) in [7, 11) is 0. The van der Waals surface area contributed by atoms with Gasteiger partial charge in [-0.25, -0.2) is 0 Å². The Morgan fingerprint density at radius 1 is 1.06 bits per heavy atom. The Labute approximate surface area is 105 Å². The van der Waals surface area contributed by atoms with Crippen molar-refractivity contribution in [2.75, 3.05) is 5.32 Å². The number of amides is 1. The summed E-state index contributed by atoms with van der Waals surface area (Å²) in [6.07, 6.45) is -0.271. The number of hydrogen-bond acceptors (Lipinski definition) is 3. The van der Waals surface area contributed by atoms with Crippen molar-refractivity contribution in [3.05, 3.63) is 59.4 Å². The molecular formula is C14H13N3O. The lowest BCUT2D eigenvalue weighted by Crippen LogP contribution is -2.38. The topological polar surface area (TPSA) is 54.0 Å². The van der Waals surface area contributed by atoms with Gasteiger partial charge in [-0.3, -0.25) is 9.78 Å². The average molecular weight is 239 g/mol. The number of carbonyl (C=O) groups is 1. The fraction of sp³-hybridized carbons (Fsp3) is 0.143. The minimum atomic E-state index is -0.271. The molecule has 0 unspecified atom stereocenters. The van der Waals surface area contributed by atoms with E-state index in [0.29, 0.717) is 5.56 Å². The van der Waals surface area contributed by atoms with Crippen LogP contribution in [0.25, 0.3) is 0 Å². The third-order valence-corrected chi connectivity index (χ3v) is 2.95. The van der Waals surface area contributed by atoms with Gasteiger partial charge in [-0.2, -0.15) is 0 Å². The standard InChI is InChI=1S/C14H13N3O/c1-9-5-4-8-12(15-9)13-16-11-7-3-2-6-10(11)14(18)17-13/h2-8,13,16H,1H3,(H,17,18)/t13-/m1/s1. The van der Waals surface area contributed by atoms with Crippen molar-refractivity contribution < 1.29 is 4.79 Å². The number of pyridine rings is 1. The zero-order valence-corrected chi connectivity index (χ0v) is 9.97. The van der Waals surface area contributed by atoms with E-state index in [1.807, 2.05) is 43.3 Å². The van der Waals surface area contributed by atoms with Gasteiger partial charge in [0.1, 0.15) is 6.17 Å². The zero-order chi connectivity index (χ0) is 12.5. The third-order valence-electron chi connectivity index (χ3n) is 2.95. The molecule has 1 atom stereocenters. The maximum Gasteiger partial charge on any atom is 0.255 e. The van der Waals surface area contributed by atoms with Crippen LogP contribution in [-0.4, -0.2) is 10.9 Å². The van der Waals surface area contributed by atoms with Crippen LogP contribution in [-0.2, 0) is 0 Å². The molecule has 0 saturated carbocycles. The van der Waals surface area contributed by atoms with E-state index in [2.05, 4.69) is 15.6 Å².